The molecule has 0 aliphatic carbocycles. The van der Waals surface area contributed by atoms with Gasteiger partial charge in [-0.15, -0.1) is 0 Å². The zero-order valence-corrected chi connectivity index (χ0v) is 10.1. The molecule has 1 fully saturated rings. The molecule has 6 nitrogen and oxygen atoms in total. The number of rotatable bonds is 2. The first-order valence-corrected chi connectivity index (χ1v) is 5.59. The van der Waals surface area contributed by atoms with Crippen molar-refractivity contribution in [3.63, 3.8) is 0 Å². The second-order valence-corrected chi connectivity index (χ2v) is 4.34. The topological polar surface area (TPSA) is 90.1 Å². The molecule has 0 saturated carbocycles. The molecule has 1 saturated heterocycles. The molecule has 17 heavy (non-hydrogen) atoms. The van der Waals surface area contributed by atoms with Gasteiger partial charge in [-0.05, 0) is 13.0 Å². The quantitative estimate of drug-likeness (QED) is 0.746. The molecule has 0 spiro atoms. The molecule has 1 aliphatic rings. The Labute approximate surface area is 104 Å². The summed E-state index contributed by atoms with van der Waals surface area (Å²) in [5.41, 5.74) is 6.43. The number of hydrogen-bond donors (Lipinski definition) is 2. The summed E-state index contributed by atoms with van der Waals surface area (Å²) in [6.07, 6.45) is 0. The van der Waals surface area contributed by atoms with E-state index in [1.165, 1.54) is 0 Å². The van der Waals surface area contributed by atoms with Crippen LogP contribution in [0.3, 0.4) is 0 Å². The van der Waals surface area contributed by atoms with Crippen LogP contribution in [0.25, 0.3) is 0 Å². The summed E-state index contributed by atoms with van der Waals surface area (Å²) in [5, 5.41) is 2.88. The van der Waals surface area contributed by atoms with Crippen molar-refractivity contribution in [2.24, 2.45) is 11.7 Å². The van der Waals surface area contributed by atoms with Crippen LogP contribution in [0.4, 0.5) is 5.95 Å². The van der Waals surface area contributed by atoms with Crippen molar-refractivity contribution < 1.29 is 9.53 Å². The molecule has 2 unspecified atom stereocenters. The molecule has 0 aromatic carbocycles. The van der Waals surface area contributed by atoms with Gasteiger partial charge in [0.2, 0.25) is 11.9 Å². The third kappa shape index (κ3) is 2.91. The maximum atomic E-state index is 11.9. The predicted molar refractivity (Wildman–Crippen MR) is 62.7 cm³/mol. The number of aryl methyl sites for hydroxylation is 1. The molecular formula is C10H13ClN4O2. The summed E-state index contributed by atoms with van der Waals surface area (Å²) >= 11 is 5.77. The van der Waals surface area contributed by atoms with Gasteiger partial charge in [-0.2, -0.15) is 0 Å². The first kappa shape index (κ1) is 12.2. The smallest absolute Gasteiger partial charge is 0.233 e. The van der Waals surface area contributed by atoms with Crippen LogP contribution in [-0.4, -0.2) is 35.1 Å². The van der Waals surface area contributed by atoms with Crippen LogP contribution in [0.1, 0.15) is 5.69 Å². The van der Waals surface area contributed by atoms with Gasteiger partial charge in [-0.1, -0.05) is 11.6 Å². The number of halogens is 1. The first-order chi connectivity index (χ1) is 8.06. The highest BCUT2D eigenvalue weighted by atomic mass is 35.5. The zero-order chi connectivity index (χ0) is 12.4. The molecule has 1 amide bonds. The van der Waals surface area contributed by atoms with E-state index in [1.807, 2.05) is 0 Å². The van der Waals surface area contributed by atoms with Crippen LogP contribution in [0.2, 0.25) is 5.15 Å². The lowest BCUT2D eigenvalue weighted by atomic mass is 10.0. The SMILES string of the molecule is Cc1cc(Cl)nc(NC(=O)C2COCC2N)n1. The molecule has 1 aromatic heterocycles. The van der Waals surface area contributed by atoms with Crippen LogP contribution >= 0.6 is 11.6 Å². The minimum Gasteiger partial charge on any atom is -0.379 e. The Hall–Kier alpha value is -1.24. The van der Waals surface area contributed by atoms with E-state index in [9.17, 15) is 4.79 Å². The maximum absolute atomic E-state index is 11.9. The summed E-state index contributed by atoms with van der Waals surface area (Å²) in [4.78, 5) is 19.8. The minimum absolute atomic E-state index is 0.194. The Bertz CT molecular complexity index is 420. The fourth-order valence-electron chi connectivity index (χ4n) is 1.63. The summed E-state index contributed by atoms with van der Waals surface area (Å²) in [6.45, 7) is 2.49. The first-order valence-electron chi connectivity index (χ1n) is 5.21. The lowest BCUT2D eigenvalue weighted by Crippen LogP contribution is -2.37. The molecule has 0 bridgehead atoms. The van der Waals surface area contributed by atoms with Gasteiger partial charge < -0.3 is 10.5 Å². The fraction of sp³-hybridized carbons (Fsp3) is 0.500. The number of ether oxygens (including phenoxy) is 1. The van der Waals surface area contributed by atoms with E-state index in [1.54, 1.807) is 13.0 Å². The Kier molecular flexibility index (Phi) is 3.56. The Morgan fingerprint density at radius 1 is 1.59 bits per heavy atom. The van der Waals surface area contributed by atoms with Crippen LogP contribution in [-0.2, 0) is 9.53 Å². The van der Waals surface area contributed by atoms with E-state index in [2.05, 4.69) is 15.3 Å². The van der Waals surface area contributed by atoms with Crippen LogP contribution in [0, 0.1) is 12.8 Å². The standard InChI is InChI=1S/C10H13ClN4O2/c1-5-2-8(11)14-10(13-5)15-9(16)6-3-17-4-7(6)12/h2,6-7H,3-4,12H2,1H3,(H,13,14,15,16). The summed E-state index contributed by atoms with van der Waals surface area (Å²) in [7, 11) is 0. The van der Waals surface area contributed by atoms with E-state index >= 15 is 0 Å². The van der Waals surface area contributed by atoms with Gasteiger partial charge in [-0.25, -0.2) is 9.97 Å². The molecular weight excluding hydrogens is 244 g/mol. The molecule has 3 N–H and O–H groups in total. The summed E-state index contributed by atoms with van der Waals surface area (Å²) < 4.78 is 5.12. The number of nitrogens with one attached hydrogen (secondary N) is 1. The van der Waals surface area contributed by atoms with Crippen LogP contribution < -0.4 is 11.1 Å². The van der Waals surface area contributed by atoms with Gasteiger partial charge in [0, 0.05) is 11.7 Å². The van der Waals surface area contributed by atoms with Gasteiger partial charge >= 0.3 is 0 Å². The summed E-state index contributed by atoms with van der Waals surface area (Å²) in [6, 6.07) is 1.33. The van der Waals surface area contributed by atoms with E-state index in [4.69, 9.17) is 22.1 Å². The zero-order valence-electron chi connectivity index (χ0n) is 9.31. The maximum Gasteiger partial charge on any atom is 0.233 e. The molecule has 92 valence electrons. The molecule has 1 aromatic rings. The number of amides is 1. The van der Waals surface area contributed by atoms with Crippen LogP contribution in [0.5, 0.6) is 0 Å². The lowest BCUT2D eigenvalue weighted by Gasteiger charge is -2.12. The number of hydrogen-bond acceptors (Lipinski definition) is 5. The third-order valence-corrected chi connectivity index (χ3v) is 2.71. The molecule has 7 heteroatoms. The second kappa shape index (κ2) is 4.95. The van der Waals surface area contributed by atoms with E-state index in [0.717, 1.165) is 0 Å². The molecule has 2 heterocycles. The van der Waals surface area contributed by atoms with Gasteiger partial charge in [-0.3, -0.25) is 10.1 Å². The van der Waals surface area contributed by atoms with Crippen molar-refractivity contribution in [3.05, 3.63) is 16.9 Å². The average Bonchev–Trinajstić information content (AvgIpc) is 2.62. The number of nitrogens with two attached hydrogens (primary N) is 1. The average molecular weight is 257 g/mol. The Morgan fingerprint density at radius 3 is 2.94 bits per heavy atom. The van der Waals surface area contributed by atoms with Crippen molar-refractivity contribution in [1.29, 1.82) is 0 Å². The van der Waals surface area contributed by atoms with Crippen molar-refractivity contribution in [2.75, 3.05) is 18.5 Å². The van der Waals surface area contributed by atoms with E-state index in [-0.39, 0.29) is 23.8 Å². The fourth-order valence-corrected chi connectivity index (χ4v) is 1.87. The van der Waals surface area contributed by atoms with E-state index in [0.29, 0.717) is 24.1 Å². The van der Waals surface area contributed by atoms with Crippen molar-refractivity contribution in [1.82, 2.24) is 9.97 Å². The Morgan fingerprint density at radius 2 is 2.35 bits per heavy atom. The Balaban J connectivity index is 2.07. The molecule has 1 aliphatic heterocycles. The lowest BCUT2D eigenvalue weighted by molar-refractivity contribution is -0.120. The number of carbonyl (C=O) groups is 1. The highest BCUT2D eigenvalue weighted by Gasteiger charge is 2.31. The van der Waals surface area contributed by atoms with Crippen LogP contribution in [0.15, 0.2) is 6.07 Å². The van der Waals surface area contributed by atoms with Gasteiger partial charge in [0.15, 0.2) is 0 Å². The van der Waals surface area contributed by atoms with E-state index < -0.39 is 0 Å². The molecule has 2 atom stereocenters. The second-order valence-electron chi connectivity index (χ2n) is 3.95. The number of aromatic nitrogens is 2. The minimum atomic E-state index is -0.363. The van der Waals surface area contributed by atoms with Gasteiger partial charge in [0.25, 0.3) is 0 Å². The monoisotopic (exact) mass is 256 g/mol. The summed E-state index contributed by atoms with van der Waals surface area (Å²) in [5.74, 6) is -0.409. The van der Waals surface area contributed by atoms with Crippen molar-refractivity contribution >= 4 is 23.5 Å². The third-order valence-electron chi connectivity index (χ3n) is 2.52. The number of carbonyl (C=O) groups excluding carboxylic acids is 1. The molecule has 2 rings (SSSR count). The van der Waals surface area contributed by atoms with Gasteiger partial charge in [0.05, 0.1) is 19.1 Å². The number of anilines is 1. The number of nitrogens with zero attached hydrogens (tertiary/aromatic N) is 2. The highest BCUT2D eigenvalue weighted by Crippen LogP contribution is 2.15. The van der Waals surface area contributed by atoms with Crippen molar-refractivity contribution in [2.45, 2.75) is 13.0 Å². The highest BCUT2D eigenvalue weighted by molar-refractivity contribution is 6.29. The molecule has 0 radical (unpaired) electrons. The van der Waals surface area contributed by atoms with Gasteiger partial charge in [0.1, 0.15) is 5.15 Å². The largest absolute Gasteiger partial charge is 0.379 e. The van der Waals surface area contributed by atoms with Crippen molar-refractivity contribution in [3.8, 4) is 0 Å². The predicted octanol–water partition coefficient (Wildman–Crippen LogP) is 0.351. The normalized spacial score (nSPS) is 23.7.